The molecule has 0 radical (unpaired) electrons. The van der Waals surface area contributed by atoms with Crippen LogP contribution in [0.3, 0.4) is 0 Å². The van der Waals surface area contributed by atoms with E-state index in [0.29, 0.717) is 33.8 Å². The van der Waals surface area contributed by atoms with Gasteiger partial charge in [-0.3, -0.25) is 19.9 Å². The van der Waals surface area contributed by atoms with Crippen LogP contribution in [-0.4, -0.2) is 36.0 Å². The smallest absolute Gasteiger partial charge is 0.227 e. The molecule has 0 aliphatic heterocycles. The summed E-state index contributed by atoms with van der Waals surface area (Å²) in [4.78, 5) is 29.3. The molecule has 1 aliphatic carbocycles. The van der Waals surface area contributed by atoms with E-state index in [1.54, 1.807) is 24.4 Å². The molecule has 8 nitrogen and oxygen atoms in total. The molecule has 1 aliphatic rings. The number of fused-ring (bicyclic) bond motifs is 2. The van der Waals surface area contributed by atoms with Crippen LogP contribution in [0.2, 0.25) is 0 Å². The van der Waals surface area contributed by atoms with Crippen molar-refractivity contribution in [2.24, 2.45) is 5.92 Å². The van der Waals surface area contributed by atoms with Crippen molar-refractivity contribution in [1.82, 2.24) is 30.1 Å². The number of hydrogen-bond donors (Lipinski definition) is 3. The first-order valence-corrected chi connectivity index (χ1v) is 13.6. The van der Waals surface area contributed by atoms with E-state index in [-0.39, 0.29) is 28.7 Å². The summed E-state index contributed by atoms with van der Waals surface area (Å²) in [7, 11) is 0. The zero-order valence-electron chi connectivity index (χ0n) is 21.9. The molecule has 4 aromatic heterocycles. The standard InChI is InChI=1S/C31H25F2N7O/c32-20-11-9-17(10-12-20)22-7-4-8-23-28(22)38-30(37-23)29-25-24(39-40-29)16-35-27(26(25)33)19-13-21(15-34-14-19)36-31(41)18-5-2-1-3-6-18/h4,7-16,18H,1-3,5-6H2,(H,36,41)(H,37,38)(H,39,40). The molecule has 2 aromatic carbocycles. The van der Waals surface area contributed by atoms with Crippen molar-refractivity contribution in [3.63, 3.8) is 0 Å². The van der Waals surface area contributed by atoms with E-state index in [0.717, 1.165) is 48.7 Å². The van der Waals surface area contributed by atoms with Gasteiger partial charge in [0.05, 0.1) is 40.0 Å². The lowest BCUT2D eigenvalue weighted by molar-refractivity contribution is -0.120. The number of amides is 1. The highest BCUT2D eigenvalue weighted by molar-refractivity contribution is 5.98. The number of rotatable bonds is 5. The third kappa shape index (κ3) is 4.61. The van der Waals surface area contributed by atoms with Gasteiger partial charge >= 0.3 is 0 Å². The topological polar surface area (TPSA) is 112 Å². The van der Waals surface area contributed by atoms with Crippen molar-refractivity contribution in [2.75, 3.05) is 5.32 Å². The van der Waals surface area contributed by atoms with Gasteiger partial charge < -0.3 is 10.3 Å². The summed E-state index contributed by atoms with van der Waals surface area (Å²) in [5.74, 6) is -0.570. The molecule has 204 valence electrons. The number of nitrogens with zero attached hydrogens (tertiary/aromatic N) is 4. The predicted molar refractivity (Wildman–Crippen MR) is 153 cm³/mol. The van der Waals surface area contributed by atoms with Crippen LogP contribution in [0.15, 0.2) is 67.1 Å². The van der Waals surface area contributed by atoms with Crippen molar-refractivity contribution in [3.8, 4) is 33.9 Å². The van der Waals surface area contributed by atoms with Crippen LogP contribution >= 0.6 is 0 Å². The van der Waals surface area contributed by atoms with Crippen LogP contribution < -0.4 is 5.32 Å². The summed E-state index contributed by atoms with van der Waals surface area (Å²) in [5.41, 5.74) is 4.74. The van der Waals surface area contributed by atoms with Gasteiger partial charge in [-0.2, -0.15) is 5.10 Å². The Morgan fingerprint density at radius 3 is 2.56 bits per heavy atom. The van der Waals surface area contributed by atoms with E-state index >= 15 is 4.39 Å². The highest BCUT2D eigenvalue weighted by Gasteiger charge is 2.23. The van der Waals surface area contributed by atoms with Crippen LogP contribution in [0.4, 0.5) is 14.5 Å². The van der Waals surface area contributed by atoms with Crippen molar-refractivity contribution in [1.29, 1.82) is 0 Å². The number of nitrogens with one attached hydrogen (secondary N) is 3. The Morgan fingerprint density at radius 1 is 0.902 bits per heavy atom. The minimum Gasteiger partial charge on any atom is -0.337 e. The highest BCUT2D eigenvalue weighted by Crippen LogP contribution is 2.35. The Morgan fingerprint density at radius 2 is 1.73 bits per heavy atom. The molecule has 1 saturated carbocycles. The molecule has 6 aromatic rings. The summed E-state index contributed by atoms with van der Waals surface area (Å²) >= 11 is 0. The maximum Gasteiger partial charge on any atom is 0.227 e. The van der Waals surface area contributed by atoms with Crippen LogP contribution in [0.5, 0.6) is 0 Å². The molecule has 0 atom stereocenters. The maximum atomic E-state index is 16.1. The average Bonchev–Trinajstić information content (AvgIpc) is 3.63. The average molecular weight is 550 g/mol. The zero-order valence-corrected chi connectivity index (χ0v) is 21.9. The third-order valence-corrected chi connectivity index (χ3v) is 7.69. The third-order valence-electron chi connectivity index (χ3n) is 7.69. The molecule has 0 saturated heterocycles. The summed E-state index contributed by atoms with van der Waals surface area (Å²) in [6.45, 7) is 0. The van der Waals surface area contributed by atoms with Gasteiger partial charge in [-0.1, -0.05) is 43.5 Å². The number of aromatic nitrogens is 6. The second-order valence-electron chi connectivity index (χ2n) is 10.4. The minimum absolute atomic E-state index is 0.0144. The van der Waals surface area contributed by atoms with Gasteiger partial charge in [-0.05, 0) is 42.7 Å². The first-order valence-electron chi connectivity index (χ1n) is 13.6. The second-order valence-corrected chi connectivity index (χ2v) is 10.4. The van der Waals surface area contributed by atoms with E-state index in [9.17, 15) is 9.18 Å². The summed E-state index contributed by atoms with van der Waals surface area (Å²) in [6, 6.07) is 13.5. The van der Waals surface area contributed by atoms with Crippen LogP contribution in [-0.2, 0) is 4.79 Å². The number of aromatic amines is 2. The first-order chi connectivity index (χ1) is 20.0. The Hall–Kier alpha value is -4.99. The number of halogens is 2. The van der Waals surface area contributed by atoms with E-state index < -0.39 is 5.82 Å². The number of pyridine rings is 2. The van der Waals surface area contributed by atoms with Crippen molar-refractivity contribution < 1.29 is 13.6 Å². The molecule has 4 heterocycles. The zero-order chi connectivity index (χ0) is 27.9. The number of imidazole rings is 1. The van der Waals surface area contributed by atoms with Crippen molar-refractivity contribution in [3.05, 3.63) is 78.8 Å². The number of hydrogen-bond acceptors (Lipinski definition) is 5. The summed E-state index contributed by atoms with van der Waals surface area (Å²) < 4.78 is 29.6. The largest absolute Gasteiger partial charge is 0.337 e. The molecule has 0 bridgehead atoms. The van der Waals surface area contributed by atoms with Crippen molar-refractivity contribution >= 4 is 33.5 Å². The Bertz CT molecular complexity index is 1910. The Balaban J connectivity index is 1.26. The van der Waals surface area contributed by atoms with Gasteiger partial charge in [-0.25, -0.2) is 13.8 Å². The van der Waals surface area contributed by atoms with Gasteiger partial charge in [0.15, 0.2) is 11.6 Å². The lowest BCUT2D eigenvalue weighted by Crippen LogP contribution is -2.24. The fraction of sp³-hybridized carbons (Fsp3) is 0.194. The summed E-state index contributed by atoms with van der Waals surface area (Å²) in [5, 5.41) is 10.4. The van der Waals surface area contributed by atoms with Gasteiger partial charge in [0.25, 0.3) is 0 Å². The number of anilines is 1. The number of carbonyl (C=O) groups is 1. The van der Waals surface area contributed by atoms with E-state index in [1.807, 2.05) is 18.2 Å². The fourth-order valence-electron chi connectivity index (χ4n) is 5.60. The van der Waals surface area contributed by atoms with Crippen LogP contribution in [0.1, 0.15) is 32.1 Å². The number of H-pyrrole nitrogens is 2. The second kappa shape index (κ2) is 10.2. The first kappa shape index (κ1) is 25.0. The Labute approximate surface area is 233 Å². The monoisotopic (exact) mass is 549 g/mol. The van der Waals surface area contributed by atoms with Crippen LogP contribution in [0, 0.1) is 17.6 Å². The molecule has 7 rings (SSSR count). The lowest BCUT2D eigenvalue weighted by atomic mass is 9.88. The predicted octanol–water partition coefficient (Wildman–Crippen LogP) is 7.03. The molecule has 1 amide bonds. The molecule has 41 heavy (non-hydrogen) atoms. The quantitative estimate of drug-likeness (QED) is 0.214. The maximum absolute atomic E-state index is 16.1. The number of carbonyl (C=O) groups excluding carboxylic acids is 1. The SMILES string of the molecule is O=C(Nc1cncc(-c2ncc3[nH]nc(-c4nc5c(-c6ccc(F)cc6)cccc5[nH]4)c3c2F)c1)C1CCCCC1. The van der Waals surface area contributed by atoms with E-state index in [2.05, 4.69) is 30.5 Å². The molecule has 10 heteroatoms. The van der Waals surface area contributed by atoms with E-state index in [1.165, 1.54) is 24.5 Å². The molecular weight excluding hydrogens is 524 g/mol. The van der Waals surface area contributed by atoms with E-state index in [4.69, 9.17) is 4.98 Å². The van der Waals surface area contributed by atoms with Gasteiger partial charge in [0.1, 0.15) is 17.2 Å². The molecule has 0 spiro atoms. The summed E-state index contributed by atoms with van der Waals surface area (Å²) in [6.07, 6.45) is 9.61. The van der Waals surface area contributed by atoms with Gasteiger partial charge in [-0.15, -0.1) is 0 Å². The highest BCUT2D eigenvalue weighted by atomic mass is 19.1. The van der Waals surface area contributed by atoms with Crippen molar-refractivity contribution in [2.45, 2.75) is 32.1 Å². The molecule has 1 fully saturated rings. The molecular formula is C31H25F2N7O. The fourth-order valence-corrected chi connectivity index (χ4v) is 5.60. The number of para-hydroxylation sites is 1. The minimum atomic E-state index is -0.581. The Kier molecular flexibility index (Phi) is 6.22. The van der Waals surface area contributed by atoms with Gasteiger partial charge in [0, 0.05) is 23.2 Å². The van der Waals surface area contributed by atoms with Crippen LogP contribution in [0.25, 0.3) is 55.8 Å². The van der Waals surface area contributed by atoms with Gasteiger partial charge in [0.2, 0.25) is 5.91 Å². The normalized spacial score (nSPS) is 14.1. The molecule has 3 N–H and O–H groups in total. The lowest BCUT2D eigenvalue weighted by Gasteiger charge is -2.20. The molecule has 0 unspecified atom stereocenters. The number of benzene rings is 2.